The van der Waals surface area contributed by atoms with Gasteiger partial charge in [0.05, 0.1) is 28.5 Å². The van der Waals surface area contributed by atoms with Gasteiger partial charge in [-0.1, -0.05) is 30.3 Å². The van der Waals surface area contributed by atoms with Crippen molar-refractivity contribution in [2.45, 2.75) is 19.9 Å². The summed E-state index contributed by atoms with van der Waals surface area (Å²) in [4.78, 5) is 19.7. The van der Waals surface area contributed by atoms with Crippen LogP contribution in [0.5, 0.6) is 0 Å². The van der Waals surface area contributed by atoms with Gasteiger partial charge >= 0.3 is 0 Å². The first kappa shape index (κ1) is 18.4. The highest BCUT2D eigenvalue weighted by atomic mass is 19.1. The number of pyridine rings is 1. The van der Waals surface area contributed by atoms with Crippen molar-refractivity contribution in [2.75, 3.05) is 11.4 Å². The predicted molar refractivity (Wildman–Crippen MR) is 110 cm³/mol. The van der Waals surface area contributed by atoms with E-state index in [1.54, 1.807) is 16.9 Å². The number of benzene rings is 2. The van der Waals surface area contributed by atoms with E-state index >= 15 is 0 Å². The van der Waals surface area contributed by atoms with Crippen molar-refractivity contribution < 1.29 is 13.6 Å². The second kappa shape index (κ2) is 7.02. The summed E-state index contributed by atoms with van der Waals surface area (Å²) in [7, 11) is 0. The van der Waals surface area contributed by atoms with E-state index in [9.17, 15) is 13.6 Å². The van der Waals surface area contributed by atoms with E-state index in [-0.39, 0.29) is 11.6 Å². The Morgan fingerprint density at radius 3 is 2.70 bits per heavy atom. The zero-order chi connectivity index (χ0) is 20.8. The molecule has 0 atom stereocenters. The third-order valence-corrected chi connectivity index (χ3v) is 5.47. The van der Waals surface area contributed by atoms with Crippen LogP contribution in [0.25, 0.3) is 22.3 Å². The van der Waals surface area contributed by atoms with Crippen LogP contribution in [-0.2, 0) is 13.0 Å². The molecule has 1 amide bonds. The molecule has 0 saturated carbocycles. The summed E-state index contributed by atoms with van der Waals surface area (Å²) in [5.74, 6) is -1.64. The summed E-state index contributed by atoms with van der Waals surface area (Å²) in [6.07, 6.45) is 1.97. The smallest absolute Gasteiger partial charge is 0.259 e. The predicted octanol–water partition coefficient (Wildman–Crippen LogP) is 4.60. The maximum atomic E-state index is 14.2. The maximum absolute atomic E-state index is 14.2. The highest BCUT2D eigenvalue weighted by Crippen LogP contribution is 2.34. The van der Waals surface area contributed by atoms with Gasteiger partial charge in [0.15, 0.2) is 5.65 Å². The Labute approximate surface area is 171 Å². The minimum absolute atomic E-state index is 0.284. The van der Waals surface area contributed by atoms with Crippen LogP contribution in [0.1, 0.15) is 22.8 Å². The van der Waals surface area contributed by atoms with Gasteiger partial charge in [-0.15, -0.1) is 0 Å². The molecular formula is C23H18F2N4O. The van der Waals surface area contributed by atoms with Crippen LogP contribution >= 0.6 is 0 Å². The lowest BCUT2D eigenvalue weighted by molar-refractivity contribution is 0.0991. The topological polar surface area (TPSA) is 51.0 Å². The molecule has 0 radical (unpaired) electrons. The van der Waals surface area contributed by atoms with Crippen molar-refractivity contribution in [3.8, 4) is 11.3 Å². The van der Waals surface area contributed by atoms with Crippen molar-refractivity contribution in [3.05, 3.63) is 77.5 Å². The zero-order valence-electron chi connectivity index (χ0n) is 16.3. The molecule has 0 N–H and O–H groups in total. The minimum Gasteiger partial charge on any atom is -0.308 e. The molecule has 1 aliphatic rings. The van der Waals surface area contributed by atoms with Crippen molar-refractivity contribution in [2.24, 2.45) is 0 Å². The zero-order valence-corrected chi connectivity index (χ0v) is 16.3. The number of halogens is 2. The molecule has 0 spiro atoms. The molecule has 2 aromatic heterocycles. The summed E-state index contributed by atoms with van der Waals surface area (Å²) in [6, 6.07) is 13.4. The van der Waals surface area contributed by atoms with Crippen LogP contribution in [0.3, 0.4) is 0 Å². The number of anilines is 1. The number of hydrogen-bond acceptors (Lipinski definition) is 3. The summed E-state index contributed by atoms with van der Waals surface area (Å²) >= 11 is 0. The van der Waals surface area contributed by atoms with Crippen molar-refractivity contribution in [1.29, 1.82) is 0 Å². The van der Waals surface area contributed by atoms with Gasteiger partial charge < -0.3 is 4.90 Å². The summed E-state index contributed by atoms with van der Waals surface area (Å²) < 4.78 is 29.8. The number of carbonyl (C=O) groups excluding carboxylic acids is 1. The number of fused-ring (bicyclic) bond motifs is 2. The van der Waals surface area contributed by atoms with Crippen LogP contribution in [-0.4, -0.2) is 27.2 Å². The van der Waals surface area contributed by atoms with Crippen molar-refractivity contribution in [1.82, 2.24) is 14.8 Å². The van der Waals surface area contributed by atoms with Gasteiger partial charge in [-0.05, 0) is 25.5 Å². The summed E-state index contributed by atoms with van der Waals surface area (Å²) in [5.41, 5.74) is 3.18. The molecule has 4 aromatic rings. The quantitative estimate of drug-likeness (QED) is 0.502. The van der Waals surface area contributed by atoms with Gasteiger partial charge in [-0.2, -0.15) is 5.10 Å². The first-order chi connectivity index (χ1) is 14.6. The highest BCUT2D eigenvalue weighted by Gasteiger charge is 2.30. The Bertz CT molecular complexity index is 1280. The number of aryl methyl sites for hydroxylation is 1. The van der Waals surface area contributed by atoms with Crippen molar-refractivity contribution >= 4 is 22.6 Å². The first-order valence-electron chi connectivity index (χ1n) is 9.78. The lowest BCUT2D eigenvalue weighted by Crippen LogP contribution is -2.29. The van der Waals surface area contributed by atoms with Gasteiger partial charge in [-0.3, -0.25) is 4.79 Å². The van der Waals surface area contributed by atoms with Gasteiger partial charge in [0.2, 0.25) is 0 Å². The Morgan fingerprint density at radius 1 is 1.13 bits per heavy atom. The number of aromatic nitrogens is 3. The molecule has 0 bridgehead atoms. The average Bonchev–Trinajstić information content (AvgIpc) is 3.37. The summed E-state index contributed by atoms with van der Waals surface area (Å²) in [6.45, 7) is 2.85. The monoisotopic (exact) mass is 404 g/mol. The number of hydrogen-bond donors (Lipinski definition) is 0. The third-order valence-electron chi connectivity index (χ3n) is 5.47. The lowest BCUT2D eigenvalue weighted by atomic mass is 10.1. The summed E-state index contributed by atoms with van der Waals surface area (Å²) in [5, 5.41) is 4.97. The second-order valence-corrected chi connectivity index (χ2v) is 7.21. The fraction of sp³-hybridized carbons (Fsp3) is 0.174. The molecule has 0 fully saturated rings. The molecule has 150 valence electrons. The molecule has 30 heavy (non-hydrogen) atoms. The van der Waals surface area contributed by atoms with Crippen molar-refractivity contribution in [3.63, 3.8) is 0 Å². The highest BCUT2D eigenvalue weighted by molar-refractivity contribution is 6.14. The van der Waals surface area contributed by atoms with Gasteiger partial charge in [0.25, 0.3) is 5.91 Å². The number of rotatable bonds is 3. The van der Waals surface area contributed by atoms with E-state index in [0.717, 1.165) is 11.6 Å². The molecule has 1 aliphatic heterocycles. The molecule has 2 aromatic carbocycles. The number of amides is 1. The van der Waals surface area contributed by atoms with E-state index in [2.05, 4.69) is 5.10 Å². The Morgan fingerprint density at radius 2 is 1.93 bits per heavy atom. The Kier molecular flexibility index (Phi) is 4.31. The Hall–Kier alpha value is -3.61. The van der Waals surface area contributed by atoms with Crippen LogP contribution < -0.4 is 4.90 Å². The number of carbonyl (C=O) groups is 1. The van der Waals surface area contributed by atoms with Crippen LogP contribution in [0.2, 0.25) is 0 Å². The lowest BCUT2D eigenvalue weighted by Gasteiger charge is -2.18. The molecule has 5 rings (SSSR count). The van der Waals surface area contributed by atoms with Crippen LogP contribution in [0, 0.1) is 11.6 Å². The molecule has 0 unspecified atom stereocenters. The Balaban J connectivity index is 1.68. The average molecular weight is 404 g/mol. The molecule has 3 heterocycles. The van der Waals surface area contributed by atoms with Gasteiger partial charge in [0.1, 0.15) is 11.6 Å². The van der Waals surface area contributed by atoms with Crippen LogP contribution in [0.15, 0.2) is 54.7 Å². The maximum Gasteiger partial charge on any atom is 0.259 e. The van der Waals surface area contributed by atoms with E-state index in [0.29, 0.717) is 47.4 Å². The van der Waals surface area contributed by atoms with E-state index in [4.69, 9.17) is 4.98 Å². The SMILES string of the molecule is CCn1ncc2c(C(=O)N3CCc4c(F)cc(F)cc43)cc(-c3ccccc3)nc21. The van der Waals surface area contributed by atoms with Crippen LogP contribution in [0.4, 0.5) is 14.5 Å². The largest absolute Gasteiger partial charge is 0.308 e. The second-order valence-electron chi connectivity index (χ2n) is 7.21. The number of nitrogens with zero attached hydrogens (tertiary/aromatic N) is 4. The standard InChI is InChI=1S/C23H18F2N4O/c1-2-29-22-18(13-26-29)17(12-20(27-22)14-6-4-3-5-7-14)23(30)28-9-8-16-19(25)10-15(24)11-21(16)28/h3-7,10-13H,2,8-9H2,1H3. The molecule has 0 saturated heterocycles. The first-order valence-corrected chi connectivity index (χ1v) is 9.78. The molecule has 0 aliphatic carbocycles. The van der Waals surface area contributed by atoms with Gasteiger partial charge in [0, 0.05) is 30.3 Å². The normalized spacial score (nSPS) is 13.1. The third kappa shape index (κ3) is 2.85. The van der Waals surface area contributed by atoms with Gasteiger partial charge in [-0.25, -0.2) is 18.4 Å². The fourth-order valence-electron chi connectivity index (χ4n) is 3.99. The molecule has 5 nitrogen and oxygen atoms in total. The fourth-order valence-corrected chi connectivity index (χ4v) is 3.99. The van der Waals surface area contributed by atoms with E-state index < -0.39 is 11.6 Å². The molecule has 7 heteroatoms. The van der Waals surface area contributed by atoms with E-state index in [1.807, 2.05) is 37.3 Å². The van der Waals surface area contributed by atoms with E-state index in [1.165, 1.54) is 11.0 Å². The molecular weight excluding hydrogens is 386 g/mol. The minimum atomic E-state index is -0.699.